The Bertz CT molecular complexity index is 650. The SMILES string of the molecule is CC(=O)Nc1cc(C(=O)NCCCn2ccnc2)ccc1C. The van der Waals surface area contributed by atoms with Crippen molar-refractivity contribution in [1.82, 2.24) is 14.9 Å². The smallest absolute Gasteiger partial charge is 0.251 e. The van der Waals surface area contributed by atoms with Crippen molar-refractivity contribution in [2.24, 2.45) is 0 Å². The fourth-order valence-corrected chi connectivity index (χ4v) is 2.07. The average Bonchev–Trinajstić information content (AvgIpc) is 2.98. The van der Waals surface area contributed by atoms with Crippen molar-refractivity contribution in [2.75, 3.05) is 11.9 Å². The fraction of sp³-hybridized carbons (Fsp3) is 0.312. The molecule has 6 nitrogen and oxygen atoms in total. The Morgan fingerprint density at radius 1 is 1.32 bits per heavy atom. The molecule has 2 aromatic rings. The predicted molar refractivity (Wildman–Crippen MR) is 84.7 cm³/mol. The molecule has 22 heavy (non-hydrogen) atoms. The molecule has 0 aliphatic heterocycles. The molecule has 0 saturated heterocycles. The molecule has 0 unspecified atom stereocenters. The molecule has 0 aliphatic rings. The number of hydrogen-bond donors (Lipinski definition) is 2. The van der Waals surface area contributed by atoms with Crippen LogP contribution in [0.2, 0.25) is 0 Å². The number of benzene rings is 1. The van der Waals surface area contributed by atoms with Gasteiger partial charge in [0.2, 0.25) is 5.91 Å². The zero-order valence-corrected chi connectivity index (χ0v) is 12.8. The number of imidazole rings is 1. The van der Waals surface area contributed by atoms with Crippen LogP contribution in [0, 0.1) is 6.92 Å². The van der Waals surface area contributed by atoms with Crippen LogP contribution in [0.15, 0.2) is 36.9 Å². The quantitative estimate of drug-likeness (QED) is 0.801. The zero-order chi connectivity index (χ0) is 15.9. The second kappa shape index (κ2) is 7.40. The van der Waals surface area contributed by atoms with E-state index in [-0.39, 0.29) is 11.8 Å². The zero-order valence-electron chi connectivity index (χ0n) is 12.8. The Balaban J connectivity index is 1.87. The van der Waals surface area contributed by atoms with Gasteiger partial charge in [-0.1, -0.05) is 6.07 Å². The minimum absolute atomic E-state index is 0.141. The minimum atomic E-state index is -0.152. The van der Waals surface area contributed by atoms with Crippen molar-refractivity contribution >= 4 is 17.5 Å². The number of carbonyl (C=O) groups is 2. The van der Waals surface area contributed by atoms with Crippen molar-refractivity contribution in [2.45, 2.75) is 26.8 Å². The highest BCUT2D eigenvalue weighted by Crippen LogP contribution is 2.16. The van der Waals surface area contributed by atoms with Crippen LogP contribution in [0.5, 0.6) is 0 Å². The number of anilines is 1. The number of carbonyl (C=O) groups excluding carboxylic acids is 2. The van der Waals surface area contributed by atoms with E-state index in [9.17, 15) is 9.59 Å². The van der Waals surface area contributed by atoms with Crippen LogP contribution in [0.4, 0.5) is 5.69 Å². The van der Waals surface area contributed by atoms with Gasteiger partial charge in [0, 0.05) is 43.7 Å². The Hall–Kier alpha value is -2.63. The lowest BCUT2D eigenvalue weighted by Gasteiger charge is -2.10. The number of rotatable bonds is 6. The van der Waals surface area contributed by atoms with Crippen molar-refractivity contribution in [1.29, 1.82) is 0 Å². The second-order valence-corrected chi connectivity index (χ2v) is 5.12. The Labute approximate surface area is 129 Å². The summed E-state index contributed by atoms with van der Waals surface area (Å²) >= 11 is 0. The third-order valence-corrected chi connectivity index (χ3v) is 3.25. The van der Waals surface area contributed by atoms with E-state index >= 15 is 0 Å². The third-order valence-electron chi connectivity index (χ3n) is 3.25. The molecule has 0 aliphatic carbocycles. The summed E-state index contributed by atoms with van der Waals surface area (Å²) < 4.78 is 1.97. The van der Waals surface area contributed by atoms with Gasteiger partial charge in [0.1, 0.15) is 0 Å². The summed E-state index contributed by atoms with van der Waals surface area (Å²) in [6.45, 7) is 4.73. The van der Waals surface area contributed by atoms with E-state index in [1.54, 1.807) is 24.7 Å². The molecule has 2 rings (SSSR count). The molecule has 2 amide bonds. The number of aryl methyl sites for hydroxylation is 2. The lowest BCUT2D eigenvalue weighted by molar-refractivity contribution is -0.114. The molecule has 0 saturated carbocycles. The van der Waals surface area contributed by atoms with Crippen molar-refractivity contribution < 1.29 is 9.59 Å². The van der Waals surface area contributed by atoms with Gasteiger partial charge in [0.25, 0.3) is 5.91 Å². The van der Waals surface area contributed by atoms with Crippen LogP contribution in [0.25, 0.3) is 0 Å². The fourth-order valence-electron chi connectivity index (χ4n) is 2.07. The van der Waals surface area contributed by atoms with Crippen LogP contribution in [-0.2, 0) is 11.3 Å². The lowest BCUT2D eigenvalue weighted by atomic mass is 10.1. The normalized spacial score (nSPS) is 10.3. The summed E-state index contributed by atoms with van der Waals surface area (Å²) in [7, 11) is 0. The Kier molecular flexibility index (Phi) is 5.30. The van der Waals surface area contributed by atoms with Gasteiger partial charge in [0.15, 0.2) is 0 Å². The topological polar surface area (TPSA) is 76.0 Å². The van der Waals surface area contributed by atoms with E-state index in [0.717, 1.165) is 18.5 Å². The molecule has 116 valence electrons. The van der Waals surface area contributed by atoms with Crippen molar-refractivity contribution in [3.8, 4) is 0 Å². The largest absolute Gasteiger partial charge is 0.352 e. The van der Waals surface area contributed by atoms with Crippen LogP contribution in [0.1, 0.15) is 29.3 Å². The first-order valence-corrected chi connectivity index (χ1v) is 7.18. The second-order valence-electron chi connectivity index (χ2n) is 5.12. The van der Waals surface area contributed by atoms with Gasteiger partial charge in [-0.25, -0.2) is 4.98 Å². The van der Waals surface area contributed by atoms with Crippen LogP contribution in [0.3, 0.4) is 0 Å². The average molecular weight is 300 g/mol. The van der Waals surface area contributed by atoms with E-state index in [0.29, 0.717) is 17.8 Å². The van der Waals surface area contributed by atoms with E-state index in [2.05, 4.69) is 15.6 Å². The third kappa shape index (κ3) is 4.44. The molecular formula is C16H20N4O2. The first kappa shape index (κ1) is 15.8. The minimum Gasteiger partial charge on any atom is -0.352 e. The summed E-state index contributed by atoms with van der Waals surface area (Å²) in [5.41, 5.74) is 2.13. The standard InChI is InChI=1S/C16H20N4O2/c1-12-4-5-14(10-15(12)19-13(2)21)16(22)18-6-3-8-20-9-7-17-11-20/h4-5,7,9-11H,3,6,8H2,1-2H3,(H,18,22)(H,19,21). The first-order valence-electron chi connectivity index (χ1n) is 7.18. The molecule has 1 aromatic heterocycles. The first-order chi connectivity index (χ1) is 10.6. The van der Waals surface area contributed by atoms with Gasteiger partial charge in [-0.2, -0.15) is 0 Å². The maximum absolute atomic E-state index is 12.1. The van der Waals surface area contributed by atoms with Gasteiger partial charge >= 0.3 is 0 Å². The maximum atomic E-state index is 12.1. The van der Waals surface area contributed by atoms with Gasteiger partial charge in [-0.3, -0.25) is 9.59 Å². The highest BCUT2D eigenvalue weighted by Gasteiger charge is 2.08. The summed E-state index contributed by atoms with van der Waals surface area (Å²) in [6, 6.07) is 5.28. The lowest BCUT2D eigenvalue weighted by Crippen LogP contribution is -2.25. The van der Waals surface area contributed by atoms with Crippen molar-refractivity contribution in [3.63, 3.8) is 0 Å². The van der Waals surface area contributed by atoms with E-state index in [4.69, 9.17) is 0 Å². The van der Waals surface area contributed by atoms with Crippen LogP contribution < -0.4 is 10.6 Å². The van der Waals surface area contributed by atoms with Gasteiger partial charge < -0.3 is 15.2 Å². The highest BCUT2D eigenvalue weighted by molar-refractivity contribution is 5.97. The molecule has 6 heteroatoms. The number of nitrogens with one attached hydrogen (secondary N) is 2. The van der Waals surface area contributed by atoms with Crippen LogP contribution >= 0.6 is 0 Å². The number of aromatic nitrogens is 2. The van der Waals surface area contributed by atoms with E-state index in [1.165, 1.54) is 6.92 Å². The van der Waals surface area contributed by atoms with E-state index in [1.807, 2.05) is 23.8 Å². The van der Waals surface area contributed by atoms with Gasteiger partial charge in [-0.15, -0.1) is 0 Å². The number of amides is 2. The maximum Gasteiger partial charge on any atom is 0.251 e. The van der Waals surface area contributed by atoms with Crippen molar-refractivity contribution in [3.05, 3.63) is 48.0 Å². The number of hydrogen-bond acceptors (Lipinski definition) is 3. The van der Waals surface area contributed by atoms with E-state index < -0.39 is 0 Å². The van der Waals surface area contributed by atoms with Gasteiger partial charge in [-0.05, 0) is 31.0 Å². The molecule has 0 bridgehead atoms. The summed E-state index contributed by atoms with van der Waals surface area (Å²) in [5.74, 6) is -0.293. The van der Waals surface area contributed by atoms with Gasteiger partial charge in [0.05, 0.1) is 6.33 Å². The molecule has 1 heterocycles. The van der Waals surface area contributed by atoms with Crippen LogP contribution in [-0.4, -0.2) is 27.9 Å². The Morgan fingerprint density at radius 2 is 2.14 bits per heavy atom. The summed E-state index contributed by atoms with van der Waals surface area (Å²) in [5, 5.41) is 5.60. The monoisotopic (exact) mass is 300 g/mol. The number of nitrogens with zero attached hydrogens (tertiary/aromatic N) is 2. The molecule has 2 N–H and O–H groups in total. The molecule has 1 aromatic carbocycles. The molecule has 0 spiro atoms. The summed E-state index contributed by atoms with van der Waals surface area (Å²) in [6.07, 6.45) is 6.20. The highest BCUT2D eigenvalue weighted by atomic mass is 16.2. The predicted octanol–water partition coefficient (Wildman–Crippen LogP) is 1.97. The Morgan fingerprint density at radius 3 is 2.82 bits per heavy atom. The molecular weight excluding hydrogens is 280 g/mol. The summed E-state index contributed by atoms with van der Waals surface area (Å²) in [4.78, 5) is 27.2. The molecule has 0 atom stereocenters. The molecule has 0 fully saturated rings. The molecule has 0 radical (unpaired) electrons.